The molecule has 0 aliphatic rings. The first-order chi connectivity index (χ1) is 11.2. The molecule has 0 saturated heterocycles. The summed E-state index contributed by atoms with van der Waals surface area (Å²) in [7, 11) is 3.11. The standard InChI is InChI=1S/C19H30O4/c1-4-5-6-7-8-9-10-11-14-23-19(20)17-13-12-16(21-2)15-18(17)22-3/h12-13,15H,4-11,14H2,1-3H3. The van der Waals surface area contributed by atoms with E-state index in [2.05, 4.69) is 6.92 Å². The van der Waals surface area contributed by atoms with Crippen molar-refractivity contribution >= 4 is 5.97 Å². The molecule has 130 valence electrons. The van der Waals surface area contributed by atoms with E-state index in [1.54, 1.807) is 25.3 Å². The molecule has 0 saturated carbocycles. The summed E-state index contributed by atoms with van der Waals surface area (Å²) in [6.45, 7) is 2.69. The Morgan fingerprint density at radius 3 is 2.17 bits per heavy atom. The van der Waals surface area contributed by atoms with E-state index >= 15 is 0 Å². The summed E-state index contributed by atoms with van der Waals surface area (Å²) in [5.74, 6) is 0.791. The van der Waals surface area contributed by atoms with Gasteiger partial charge in [-0.15, -0.1) is 0 Å². The van der Waals surface area contributed by atoms with Crippen molar-refractivity contribution in [1.82, 2.24) is 0 Å². The fourth-order valence-electron chi connectivity index (χ4n) is 2.45. The summed E-state index contributed by atoms with van der Waals surface area (Å²) >= 11 is 0. The van der Waals surface area contributed by atoms with Crippen LogP contribution in [0.5, 0.6) is 11.5 Å². The summed E-state index contributed by atoms with van der Waals surface area (Å²) in [4.78, 5) is 12.1. The quantitative estimate of drug-likeness (QED) is 0.401. The van der Waals surface area contributed by atoms with Crippen LogP contribution in [0.1, 0.15) is 68.6 Å². The highest BCUT2D eigenvalue weighted by atomic mass is 16.5. The molecule has 4 heteroatoms. The van der Waals surface area contributed by atoms with Gasteiger partial charge >= 0.3 is 5.97 Å². The van der Waals surface area contributed by atoms with Crippen LogP contribution in [0.2, 0.25) is 0 Å². The molecule has 0 aliphatic carbocycles. The molecule has 23 heavy (non-hydrogen) atoms. The molecule has 0 aliphatic heterocycles. The van der Waals surface area contributed by atoms with E-state index in [1.165, 1.54) is 45.6 Å². The van der Waals surface area contributed by atoms with Gasteiger partial charge in [0.25, 0.3) is 0 Å². The van der Waals surface area contributed by atoms with Gasteiger partial charge in [-0.3, -0.25) is 0 Å². The minimum atomic E-state index is -0.340. The van der Waals surface area contributed by atoms with Crippen LogP contribution in [0.3, 0.4) is 0 Å². The number of carbonyl (C=O) groups is 1. The van der Waals surface area contributed by atoms with Crippen molar-refractivity contribution in [2.45, 2.75) is 58.3 Å². The van der Waals surface area contributed by atoms with E-state index in [-0.39, 0.29) is 5.97 Å². The number of carbonyl (C=O) groups excluding carboxylic acids is 1. The molecule has 0 aromatic heterocycles. The summed E-state index contributed by atoms with van der Waals surface area (Å²) in [6.07, 6.45) is 9.79. The van der Waals surface area contributed by atoms with E-state index < -0.39 is 0 Å². The molecule has 1 aromatic carbocycles. The van der Waals surface area contributed by atoms with Gasteiger partial charge in [0, 0.05) is 6.07 Å². The molecule has 0 heterocycles. The fraction of sp³-hybridized carbons (Fsp3) is 0.632. The predicted octanol–water partition coefficient (Wildman–Crippen LogP) is 5.00. The zero-order valence-corrected chi connectivity index (χ0v) is 14.7. The largest absolute Gasteiger partial charge is 0.497 e. The second kappa shape index (κ2) is 11.8. The lowest BCUT2D eigenvalue weighted by atomic mass is 10.1. The monoisotopic (exact) mass is 322 g/mol. The smallest absolute Gasteiger partial charge is 0.341 e. The first kappa shape index (κ1) is 19.3. The van der Waals surface area contributed by atoms with E-state index in [1.807, 2.05) is 0 Å². The Morgan fingerprint density at radius 1 is 0.913 bits per heavy atom. The first-order valence-corrected chi connectivity index (χ1v) is 8.62. The van der Waals surface area contributed by atoms with Crippen LogP contribution in [0.4, 0.5) is 0 Å². The lowest BCUT2D eigenvalue weighted by Gasteiger charge is -2.10. The first-order valence-electron chi connectivity index (χ1n) is 8.62. The molecule has 4 nitrogen and oxygen atoms in total. The van der Waals surface area contributed by atoms with Crippen molar-refractivity contribution in [2.24, 2.45) is 0 Å². The number of ether oxygens (including phenoxy) is 3. The minimum Gasteiger partial charge on any atom is -0.497 e. The van der Waals surface area contributed by atoms with Gasteiger partial charge in [0.1, 0.15) is 17.1 Å². The fourth-order valence-corrected chi connectivity index (χ4v) is 2.45. The molecular formula is C19H30O4. The van der Waals surface area contributed by atoms with Crippen molar-refractivity contribution in [3.05, 3.63) is 23.8 Å². The maximum absolute atomic E-state index is 12.1. The summed E-state index contributed by atoms with van der Waals surface area (Å²) in [5.41, 5.74) is 0.438. The second-order valence-electron chi connectivity index (χ2n) is 5.68. The molecular weight excluding hydrogens is 292 g/mol. The molecule has 1 aromatic rings. The van der Waals surface area contributed by atoms with Crippen LogP contribution < -0.4 is 9.47 Å². The van der Waals surface area contributed by atoms with Gasteiger partial charge in [-0.2, -0.15) is 0 Å². The molecule has 0 amide bonds. The van der Waals surface area contributed by atoms with Gasteiger partial charge < -0.3 is 14.2 Å². The molecule has 0 bridgehead atoms. The van der Waals surface area contributed by atoms with Gasteiger partial charge in [-0.05, 0) is 18.6 Å². The average Bonchev–Trinajstić information content (AvgIpc) is 2.59. The summed E-state index contributed by atoms with van der Waals surface area (Å²) in [6, 6.07) is 5.09. The highest BCUT2D eigenvalue weighted by Gasteiger charge is 2.14. The Kier molecular flexibility index (Phi) is 9.92. The number of methoxy groups -OCH3 is 2. The maximum atomic E-state index is 12.1. The molecule has 0 N–H and O–H groups in total. The number of esters is 1. The highest BCUT2D eigenvalue weighted by Crippen LogP contribution is 2.25. The minimum absolute atomic E-state index is 0.340. The van der Waals surface area contributed by atoms with Gasteiger partial charge in [-0.1, -0.05) is 51.9 Å². The lowest BCUT2D eigenvalue weighted by molar-refractivity contribution is 0.0494. The normalized spacial score (nSPS) is 10.4. The zero-order valence-electron chi connectivity index (χ0n) is 14.7. The molecule has 0 fully saturated rings. The zero-order chi connectivity index (χ0) is 16.9. The number of rotatable bonds is 12. The highest BCUT2D eigenvalue weighted by molar-refractivity contribution is 5.92. The van der Waals surface area contributed by atoms with Gasteiger partial charge in [0.15, 0.2) is 0 Å². The Morgan fingerprint density at radius 2 is 1.57 bits per heavy atom. The van der Waals surface area contributed by atoms with Crippen molar-refractivity contribution in [1.29, 1.82) is 0 Å². The third kappa shape index (κ3) is 7.40. The Labute approximate surface area is 140 Å². The Balaban J connectivity index is 2.24. The van der Waals surface area contributed by atoms with E-state index in [0.717, 1.165) is 12.8 Å². The summed E-state index contributed by atoms with van der Waals surface area (Å²) in [5, 5.41) is 0. The SMILES string of the molecule is CCCCCCCCCCOC(=O)c1ccc(OC)cc1OC. The average molecular weight is 322 g/mol. The maximum Gasteiger partial charge on any atom is 0.341 e. The van der Waals surface area contributed by atoms with Crippen molar-refractivity contribution < 1.29 is 19.0 Å². The number of unbranched alkanes of at least 4 members (excludes halogenated alkanes) is 7. The second-order valence-corrected chi connectivity index (χ2v) is 5.68. The number of benzene rings is 1. The third-order valence-corrected chi connectivity index (χ3v) is 3.86. The molecule has 0 radical (unpaired) electrons. The van der Waals surface area contributed by atoms with Gasteiger partial charge in [0.2, 0.25) is 0 Å². The Hall–Kier alpha value is -1.71. The topological polar surface area (TPSA) is 44.8 Å². The van der Waals surface area contributed by atoms with Crippen molar-refractivity contribution in [3.8, 4) is 11.5 Å². The van der Waals surface area contributed by atoms with Crippen LogP contribution in [-0.4, -0.2) is 26.8 Å². The van der Waals surface area contributed by atoms with Crippen LogP contribution in [-0.2, 0) is 4.74 Å². The van der Waals surface area contributed by atoms with Crippen LogP contribution in [0.15, 0.2) is 18.2 Å². The van der Waals surface area contributed by atoms with Crippen molar-refractivity contribution in [2.75, 3.05) is 20.8 Å². The molecule has 0 spiro atoms. The molecule has 0 atom stereocenters. The summed E-state index contributed by atoms with van der Waals surface area (Å²) < 4.78 is 15.7. The number of hydrogen-bond donors (Lipinski definition) is 0. The van der Waals surface area contributed by atoms with Gasteiger partial charge in [-0.25, -0.2) is 4.79 Å². The third-order valence-electron chi connectivity index (χ3n) is 3.86. The van der Waals surface area contributed by atoms with Crippen LogP contribution in [0, 0.1) is 0 Å². The van der Waals surface area contributed by atoms with Crippen LogP contribution >= 0.6 is 0 Å². The van der Waals surface area contributed by atoms with Crippen LogP contribution in [0.25, 0.3) is 0 Å². The Bertz CT molecular complexity index is 457. The molecule has 0 unspecified atom stereocenters. The number of hydrogen-bond acceptors (Lipinski definition) is 4. The lowest BCUT2D eigenvalue weighted by Crippen LogP contribution is -2.08. The van der Waals surface area contributed by atoms with Gasteiger partial charge in [0.05, 0.1) is 20.8 Å². The molecule has 1 rings (SSSR count). The van der Waals surface area contributed by atoms with E-state index in [4.69, 9.17) is 14.2 Å². The van der Waals surface area contributed by atoms with Crippen molar-refractivity contribution in [3.63, 3.8) is 0 Å². The predicted molar refractivity (Wildman–Crippen MR) is 92.4 cm³/mol. The van der Waals surface area contributed by atoms with E-state index in [0.29, 0.717) is 23.7 Å². The van der Waals surface area contributed by atoms with E-state index in [9.17, 15) is 4.79 Å².